The fourth-order valence-electron chi connectivity index (χ4n) is 1.03. The molecule has 0 aliphatic heterocycles. The van der Waals surface area contributed by atoms with Crippen LogP contribution in [0.25, 0.3) is 11.1 Å². The largest absolute Gasteiger partial charge is 0.434 e. The van der Waals surface area contributed by atoms with Crippen LogP contribution in [-0.4, -0.2) is 11.3 Å². The number of carbonyl (C=O) groups is 1. The van der Waals surface area contributed by atoms with E-state index in [1.807, 2.05) is 0 Å². The molecule has 0 radical (unpaired) electrons. The van der Waals surface area contributed by atoms with Crippen LogP contribution in [-0.2, 0) is 0 Å². The Kier molecular flexibility index (Phi) is 1.70. The number of carbonyl (C=O) groups excluding carboxylic acids is 1. The quantitative estimate of drug-likeness (QED) is 0.559. The maximum atomic E-state index is 10.3. The second-order valence-corrected chi connectivity index (χ2v) is 2.92. The highest BCUT2D eigenvalue weighted by Gasteiger charge is 2.07. The number of aldehydes is 1. The number of anilines is 1. The molecule has 2 N–H and O–H groups in total. The number of rotatable bonds is 1. The summed E-state index contributed by atoms with van der Waals surface area (Å²) >= 11 is 5.75. The molecule has 0 aliphatic carbocycles. The van der Waals surface area contributed by atoms with Crippen molar-refractivity contribution >= 4 is 34.7 Å². The molecule has 0 saturated heterocycles. The summed E-state index contributed by atoms with van der Waals surface area (Å²) in [5, 5.41) is 0.401. The molecule has 1 aromatic heterocycles. The standard InChI is InChI=1S/C8H5ClN2O2/c9-4-1-6-7(2-5(4)10)13-8(3-12)11-6/h1-3H,10H2. The fraction of sp³-hybridized carbons (Fsp3) is 0. The molecule has 2 rings (SSSR count). The summed E-state index contributed by atoms with van der Waals surface area (Å²) in [7, 11) is 0. The zero-order chi connectivity index (χ0) is 9.42. The number of nitrogens with zero attached hydrogens (tertiary/aromatic N) is 1. The Morgan fingerprint density at radius 2 is 2.31 bits per heavy atom. The van der Waals surface area contributed by atoms with Gasteiger partial charge in [0.1, 0.15) is 5.52 Å². The highest BCUT2D eigenvalue weighted by molar-refractivity contribution is 6.33. The summed E-state index contributed by atoms with van der Waals surface area (Å²) in [6, 6.07) is 3.10. The van der Waals surface area contributed by atoms with E-state index < -0.39 is 0 Å². The SMILES string of the molecule is Nc1cc2oc(C=O)nc2cc1Cl. The lowest BCUT2D eigenvalue weighted by Crippen LogP contribution is -1.84. The predicted octanol–water partition coefficient (Wildman–Crippen LogP) is 1.88. The zero-order valence-corrected chi connectivity index (χ0v) is 7.21. The van der Waals surface area contributed by atoms with Crippen molar-refractivity contribution in [1.82, 2.24) is 4.98 Å². The van der Waals surface area contributed by atoms with Crippen molar-refractivity contribution in [3.63, 3.8) is 0 Å². The Bertz CT molecular complexity index is 439. The second-order valence-electron chi connectivity index (χ2n) is 2.51. The first kappa shape index (κ1) is 8.07. The predicted molar refractivity (Wildman–Crippen MR) is 48.8 cm³/mol. The molecule has 66 valence electrons. The van der Waals surface area contributed by atoms with Gasteiger partial charge in [0.05, 0.1) is 10.7 Å². The van der Waals surface area contributed by atoms with Crippen molar-refractivity contribution in [3.8, 4) is 0 Å². The van der Waals surface area contributed by atoms with Crippen LogP contribution >= 0.6 is 11.6 Å². The van der Waals surface area contributed by atoms with Gasteiger partial charge in [-0.25, -0.2) is 4.98 Å². The molecule has 0 amide bonds. The summed E-state index contributed by atoms with van der Waals surface area (Å²) in [6.07, 6.45) is 0.532. The summed E-state index contributed by atoms with van der Waals surface area (Å²) in [5.74, 6) is 0.0247. The number of aromatic nitrogens is 1. The van der Waals surface area contributed by atoms with Gasteiger partial charge in [-0.05, 0) is 6.07 Å². The first-order valence-corrected chi connectivity index (χ1v) is 3.89. The third-order valence-electron chi connectivity index (χ3n) is 1.62. The lowest BCUT2D eigenvalue weighted by Gasteiger charge is -1.94. The molecule has 2 aromatic rings. The van der Waals surface area contributed by atoms with E-state index in [0.717, 1.165) is 0 Å². The first-order chi connectivity index (χ1) is 6.20. The van der Waals surface area contributed by atoms with Gasteiger partial charge >= 0.3 is 0 Å². The molecule has 0 spiro atoms. The average Bonchev–Trinajstić information content (AvgIpc) is 2.48. The molecule has 5 heteroatoms. The molecule has 13 heavy (non-hydrogen) atoms. The number of hydrogen-bond donors (Lipinski definition) is 1. The van der Waals surface area contributed by atoms with Crippen LogP contribution in [0, 0.1) is 0 Å². The minimum atomic E-state index is 0.0247. The number of oxazole rings is 1. The highest BCUT2D eigenvalue weighted by atomic mass is 35.5. The number of benzene rings is 1. The third-order valence-corrected chi connectivity index (χ3v) is 1.95. The van der Waals surface area contributed by atoms with Crippen LogP contribution < -0.4 is 5.73 Å². The van der Waals surface area contributed by atoms with Crippen molar-refractivity contribution in [2.45, 2.75) is 0 Å². The van der Waals surface area contributed by atoms with Crippen LogP contribution in [0.2, 0.25) is 5.02 Å². The van der Waals surface area contributed by atoms with E-state index in [1.165, 1.54) is 6.07 Å². The average molecular weight is 197 g/mol. The van der Waals surface area contributed by atoms with Gasteiger partial charge in [0.15, 0.2) is 5.58 Å². The van der Waals surface area contributed by atoms with Crippen molar-refractivity contribution in [3.05, 3.63) is 23.0 Å². The smallest absolute Gasteiger partial charge is 0.260 e. The maximum Gasteiger partial charge on any atom is 0.260 e. The van der Waals surface area contributed by atoms with Gasteiger partial charge in [-0.15, -0.1) is 0 Å². The Labute approximate surface area is 78.3 Å². The lowest BCUT2D eigenvalue weighted by atomic mass is 10.3. The number of halogens is 1. The number of nitrogen functional groups attached to an aromatic ring is 1. The number of nitrogens with two attached hydrogens (primary N) is 1. The molecular weight excluding hydrogens is 192 g/mol. The third kappa shape index (κ3) is 1.25. The topological polar surface area (TPSA) is 69.1 Å². The zero-order valence-electron chi connectivity index (χ0n) is 6.45. The Hall–Kier alpha value is -1.55. The van der Waals surface area contributed by atoms with E-state index >= 15 is 0 Å². The molecule has 0 fully saturated rings. The van der Waals surface area contributed by atoms with Crippen LogP contribution in [0.4, 0.5) is 5.69 Å². The Morgan fingerprint density at radius 1 is 1.54 bits per heavy atom. The molecular formula is C8H5ClN2O2. The van der Waals surface area contributed by atoms with Gasteiger partial charge in [-0.2, -0.15) is 0 Å². The van der Waals surface area contributed by atoms with E-state index in [2.05, 4.69) is 4.98 Å². The van der Waals surface area contributed by atoms with Gasteiger partial charge in [-0.1, -0.05) is 11.6 Å². The normalized spacial score (nSPS) is 10.5. The molecule has 0 aliphatic rings. The van der Waals surface area contributed by atoms with Gasteiger partial charge in [0.25, 0.3) is 5.89 Å². The van der Waals surface area contributed by atoms with E-state index in [9.17, 15) is 4.79 Å². The maximum absolute atomic E-state index is 10.3. The monoisotopic (exact) mass is 196 g/mol. The molecule has 0 atom stereocenters. The van der Waals surface area contributed by atoms with Crippen molar-refractivity contribution in [2.24, 2.45) is 0 Å². The van der Waals surface area contributed by atoms with E-state index in [4.69, 9.17) is 21.8 Å². The lowest BCUT2D eigenvalue weighted by molar-refractivity contribution is 0.109. The van der Waals surface area contributed by atoms with Crippen LogP contribution in [0.3, 0.4) is 0 Å². The fourth-order valence-corrected chi connectivity index (χ4v) is 1.19. The Morgan fingerprint density at radius 3 is 3.00 bits per heavy atom. The summed E-state index contributed by atoms with van der Waals surface area (Å²) < 4.78 is 5.04. The van der Waals surface area contributed by atoms with Gasteiger partial charge in [0.2, 0.25) is 6.29 Å². The molecule has 0 bridgehead atoms. The molecule has 0 unspecified atom stereocenters. The van der Waals surface area contributed by atoms with Crippen molar-refractivity contribution in [1.29, 1.82) is 0 Å². The van der Waals surface area contributed by atoms with E-state index in [0.29, 0.717) is 28.1 Å². The van der Waals surface area contributed by atoms with E-state index in [-0.39, 0.29) is 5.89 Å². The van der Waals surface area contributed by atoms with Crippen molar-refractivity contribution < 1.29 is 9.21 Å². The number of fused-ring (bicyclic) bond motifs is 1. The van der Waals surface area contributed by atoms with Gasteiger partial charge in [-0.3, -0.25) is 4.79 Å². The molecule has 1 aromatic carbocycles. The summed E-state index contributed by atoms with van der Waals surface area (Å²) in [4.78, 5) is 14.2. The van der Waals surface area contributed by atoms with Gasteiger partial charge in [0, 0.05) is 6.07 Å². The highest BCUT2D eigenvalue weighted by Crippen LogP contribution is 2.25. The summed E-state index contributed by atoms with van der Waals surface area (Å²) in [5.41, 5.74) is 6.92. The first-order valence-electron chi connectivity index (χ1n) is 3.51. The summed E-state index contributed by atoms with van der Waals surface area (Å²) in [6.45, 7) is 0. The van der Waals surface area contributed by atoms with Gasteiger partial charge < -0.3 is 10.2 Å². The molecule has 0 saturated carbocycles. The molecule has 4 nitrogen and oxygen atoms in total. The molecule has 1 heterocycles. The van der Waals surface area contributed by atoms with E-state index in [1.54, 1.807) is 6.07 Å². The van der Waals surface area contributed by atoms with Crippen molar-refractivity contribution in [2.75, 3.05) is 5.73 Å². The van der Waals surface area contributed by atoms with Crippen LogP contribution in [0.15, 0.2) is 16.5 Å². The minimum absolute atomic E-state index is 0.0247. The van der Waals surface area contributed by atoms with Crippen LogP contribution in [0.1, 0.15) is 10.7 Å². The minimum Gasteiger partial charge on any atom is -0.434 e. The Balaban J connectivity index is 2.77. The second kappa shape index (κ2) is 2.74. The number of hydrogen-bond acceptors (Lipinski definition) is 4. The van der Waals surface area contributed by atoms with Crippen LogP contribution in [0.5, 0.6) is 0 Å².